The second kappa shape index (κ2) is 6.89. The highest BCUT2D eigenvalue weighted by molar-refractivity contribution is 5.73. The topological polar surface area (TPSA) is 86.7 Å². The van der Waals surface area contributed by atoms with Crippen molar-refractivity contribution in [3.8, 4) is 0 Å². The Balaban J connectivity index is 2.10. The van der Waals surface area contributed by atoms with E-state index >= 15 is 0 Å². The molecule has 6 nitrogen and oxygen atoms in total. The van der Waals surface area contributed by atoms with Crippen molar-refractivity contribution in [1.82, 2.24) is 0 Å². The summed E-state index contributed by atoms with van der Waals surface area (Å²) in [6.45, 7) is 0. The van der Waals surface area contributed by atoms with Crippen LogP contribution in [0.3, 0.4) is 0 Å². The zero-order chi connectivity index (χ0) is 14.2. The third-order valence-corrected chi connectivity index (χ3v) is 2.30. The van der Waals surface area contributed by atoms with Gasteiger partial charge in [-0.15, -0.1) is 10.2 Å². The first-order valence-corrected chi connectivity index (χ1v) is 5.90. The molecule has 0 spiro atoms. The van der Waals surface area contributed by atoms with E-state index in [1.165, 1.54) is 0 Å². The first kappa shape index (κ1) is 13.5. The van der Waals surface area contributed by atoms with E-state index in [1.54, 1.807) is 48.5 Å². The van der Waals surface area contributed by atoms with Gasteiger partial charge in [0.1, 0.15) is 0 Å². The van der Waals surface area contributed by atoms with Crippen LogP contribution in [-0.4, -0.2) is 17.2 Å². The maximum absolute atomic E-state index is 11.0. The number of rotatable bonds is 5. The molecule has 1 N–H and O–H groups in total. The minimum absolute atomic E-state index is 0.564. The predicted octanol–water partition coefficient (Wildman–Crippen LogP) is 3.96. The number of hydrogen-bond acceptors (Lipinski definition) is 5. The van der Waals surface area contributed by atoms with Crippen molar-refractivity contribution in [2.45, 2.75) is 6.17 Å². The number of aliphatic carboxylic acids is 1. The van der Waals surface area contributed by atoms with Crippen molar-refractivity contribution >= 4 is 17.3 Å². The molecule has 2 rings (SSSR count). The molecular formula is C14H12N4O2. The summed E-state index contributed by atoms with van der Waals surface area (Å²) in [6, 6.07) is 17.7. The molecule has 0 aliphatic heterocycles. The molecule has 0 aliphatic carbocycles. The van der Waals surface area contributed by atoms with Crippen LogP contribution >= 0.6 is 0 Å². The Morgan fingerprint density at radius 2 is 1.20 bits per heavy atom. The summed E-state index contributed by atoms with van der Waals surface area (Å²) in [4.78, 5) is 11.0. The zero-order valence-corrected chi connectivity index (χ0v) is 10.5. The summed E-state index contributed by atoms with van der Waals surface area (Å²) in [5.41, 5.74) is 1.13. The van der Waals surface area contributed by atoms with E-state index in [0.29, 0.717) is 11.4 Å². The summed E-state index contributed by atoms with van der Waals surface area (Å²) < 4.78 is 0. The Morgan fingerprint density at radius 3 is 1.55 bits per heavy atom. The van der Waals surface area contributed by atoms with Crippen molar-refractivity contribution in [3.63, 3.8) is 0 Å². The first-order valence-electron chi connectivity index (χ1n) is 5.90. The SMILES string of the molecule is O=C(O)C(N=Nc1ccccc1)N=Nc1ccccc1. The van der Waals surface area contributed by atoms with Gasteiger partial charge in [-0.1, -0.05) is 36.4 Å². The highest BCUT2D eigenvalue weighted by Gasteiger charge is 2.14. The van der Waals surface area contributed by atoms with Crippen LogP contribution in [0.25, 0.3) is 0 Å². The number of carboxylic acid groups (broad SMARTS) is 1. The van der Waals surface area contributed by atoms with E-state index in [9.17, 15) is 4.79 Å². The molecule has 0 heterocycles. The lowest BCUT2D eigenvalue weighted by Gasteiger charge is -1.98. The van der Waals surface area contributed by atoms with Crippen LogP contribution in [0.5, 0.6) is 0 Å². The van der Waals surface area contributed by atoms with Crippen molar-refractivity contribution < 1.29 is 9.90 Å². The summed E-state index contributed by atoms with van der Waals surface area (Å²) >= 11 is 0. The molecule has 0 saturated carbocycles. The van der Waals surface area contributed by atoms with Gasteiger partial charge in [-0.05, 0) is 24.3 Å². The number of nitrogens with zero attached hydrogens (tertiary/aromatic N) is 4. The van der Waals surface area contributed by atoms with Gasteiger partial charge in [0.15, 0.2) is 0 Å². The van der Waals surface area contributed by atoms with Gasteiger partial charge >= 0.3 is 5.97 Å². The molecule has 100 valence electrons. The Morgan fingerprint density at radius 1 is 0.800 bits per heavy atom. The molecule has 20 heavy (non-hydrogen) atoms. The molecular weight excluding hydrogens is 256 g/mol. The minimum atomic E-state index is -1.35. The van der Waals surface area contributed by atoms with Gasteiger partial charge in [0.05, 0.1) is 11.4 Å². The number of benzene rings is 2. The normalized spacial score (nSPS) is 12.8. The van der Waals surface area contributed by atoms with Crippen LogP contribution in [0.2, 0.25) is 0 Å². The summed E-state index contributed by atoms with van der Waals surface area (Å²) in [6.07, 6.45) is -1.35. The predicted molar refractivity (Wildman–Crippen MR) is 73.3 cm³/mol. The second-order valence-corrected chi connectivity index (χ2v) is 3.81. The van der Waals surface area contributed by atoms with Crippen LogP contribution in [0.15, 0.2) is 81.1 Å². The quantitative estimate of drug-likeness (QED) is 0.832. The minimum Gasteiger partial charge on any atom is -0.478 e. The lowest BCUT2D eigenvalue weighted by Crippen LogP contribution is -2.13. The average Bonchev–Trinajstić information content (AvgIpc) is 2.49. The molecule has 2 aromatic carbocycles. The molecule has 0 saturated heterocycles. The second-order valence-electron chi connectivity index (χ2n) is 3.81. The molecule has 0 unspecified atom stereocenters. The highest BCUT2D eigenvalue weighted by atomic mass is 16.4. The Bertz CT molecular complexity index is 562. The van der Waals surface area contributed by atoms with E-state index in [2.05, 4.69) is 20.5 Å². The number of azo groups is 2. The molecule has 0 radical (unpaired) electrons. The van der Waals surface area contributed by atoms with E-state index in [0.717, 1.165) is 0 Å². The summed E-state index contributed by atoms with van der Waals surface area (Å²) in [5, 5.41) is 24.0. The van der Waals surface area contributed by atoms with E-state index in [4.69, 9.17) is 5.11 Å². The van der Waals surface area contributed by atoms with Gasteiger partial charge in [0.25, 0.3) is 6.17 Å². The number of carboxylic acids is 1. The maximum atomic E-state index is 11.0. The molecule has 0 fully saturated rings. The van der Waals surface area contributed by atoms with Crippen molar-refractivity contribution in [3.05, 3.63) is 60.7 Å². The van der Waals surface area contributed by atoms with Gasteiger partial charge < -0.3 is 5.11 Å². The monoisotopic (exact) mass is 268 g/mol. The average molecular weight is 268 g/mol. The molecule has 0 aromatic heterocycles. The molecule has 6 heteroatoms. The standard InChI is InChI=1S/C14H12N4O2/c19-14(20)13(17-15-11-7-3-1-4-8-11)18-16-12-9-5-2-6-10-12/h1-10,13H,(H,19,20). The Hall–Kier alpha value is -2.89. The van der Waals surface area contributed by atoms with Crippen molar-refractivity contribution in [2.24, 2.45) is 20.5 Å². The third-order valence-electron chi connectivity index (χ3n) is 2.30. The van der Waals surface area contributed by atoms with Crippen LogP contribution in [-0.2, 0) is 4.79 Å². The van der Waals surface area contributed by atoms with Crippen LogP contribution in [0.4, 0.5) is 11.4 Å². The van der Waals surface area contributed by atoms with Gasteiger partial charge in [0, 0.05) is 0 Å². The molecule has 0 aliphatic rings. The maximum Gasteiger partial charge on any atom is 0.355 e. The molecule has 2 aromatic rings. The van der Waals surface area contributed by atoms with E-state index < -0.39 is 12.1 Å². The first-order chi connectivity index (χ1) is 9.75. The highest BCUT2D eigenvalue weighted by Crippen LogP contribution is 2.14. The lowest BCUT2D eigenvalue weighted by atomic mass is 10.3. The molecule has 0 amide bonds. The number of carbonyl (C=O) groups is 1. The summed E-state index contributed by atoms with van der Waals surface area (Å²) in [7, 11) is 0. The van der Waals surface area contributed by atoms with E-state index in [-0.39, 0.29) is 0 Å². The van der Waals surface area contributed by atoms with E-state index in [1.807, 2.05) is 12.1 Å². The van der Waals surface area contributed by atoms with Crippen LogP contribution in [0.1, 0.15) is 0 Å². The fourth-order valence-electron chi connectivity index (χ4n) is 1.35. The zero-order valence-electron chi connectivity index (χ0n) is 10.5. The van der Waals surface area contributed by atoms with Gasteiger partial charge in [0.2, 0.25) is 0 Å². The molecule has 0 atom stereocenters. The largest absolute Gasteiger partial charge is 0.478 e. The fraction of sp³-hybridized carbons (Fsp3) is 0.0714. The third kappa shape index (κ3) is 4.09. The van der Waals surface area contributed by atoms with Crippen LogP contribution < -0.4 is 0 Å². The summed E-state index contributed by atoms with van der Waals surface area (Å²) in [5.74, 6) is -1.20. The van der Waals surface area contributed by atoms with Gasteiger partial charge in [-0.2, -0.15) is 10.2 Å². The van der Waals surface area contributed by atoms with Gasteiger partial charge in [-0.3, -0.25) is 0 Å². The van der Waals surface area contributed by atoms with Crippen LogP contribution in [0, 0.1) is 0 Å². The Labute approximate surface area is 115 Å². The number of hydrogen-bond donors (Lipinski definition) is 1. The molecule has 0 bridgehead atoms. The lowest BCUT2D eigenvalue weighted by molar-refractivity contribution is -0.138. The fourth-order valence-corrected chi connectivity index (χ4v) is 1.35. The van der Waals surface area contributed by atoms with Gasteiger partial charge in [-0.25, -0.2) is 4.79 Å². The smallest absolute Gasteiger partial charge is 0.355 e. The van der Waals surface area contributed by atoms with Crippen molar-refractivity contribution in [2.75, 3.05) is 0 Å². The van der Waals surface area contributed by atoms with Crippen molar-refractivity contribution in [1.29, 1.82) is 0 Å². The Kier molecular flexibility index (Phi) is 4.66.